The summed E-state index contributed by atoms with van der Waals surface area (Å²) in [6.45, 7) is 0.613. The number of rotatable bonds is 8. The van der Waals surface area contributed by atoms with Gasteiger partial charge in [-0.2, -0.15) is 13.2 Å². The van der Waals surface area contributed by atoms with Gasteiger partial charge in [0.05, 0.1) is 18.2 Å². The van der Waals surface area contributed by atoms with Crippen molar-refractivity contribution in [2.24, 2.45) is 0 Å². The molecule has 0 heterocycles. The number of carbonyl (C=O) groups excluding carboxylic acids is 1. The third-order valence-corrected chi connectivity index (χ3v) is 3.79. The number of alkyl halides is 3. The molecule has 2 aromatic rings. The molecule has 5 nitrogen and oxygen atoms in total. The number of benzene rings is 2. The van der Waals surface area contributed by atoms with Gasteiger partial charge in [-0.25, -0.2) is 4.79 Å². The molecular weight excluding hydrogens is 363 g/mol. The van der Waals surface area contributed by atoms with Crippen LogP contribution in [-0.2, 0) is 17.5 Å². The molecule has 0 fully saturated rings. The fraction of sp³-hybridized carbons (Fsp3) is 0.316. The van der Waals surface area contributed by atoms with Gasteiger partial charge in [0, 0.05) is 5.56 Å². The third kappa shape index (κ3) is 6.58. The standard InChI is InChI=1S/C19H20F3NO4/c1-26-18(25)14-5-7-17(8-6-14)27-12-16(24)11-23-10-13-3-2-4-15(9-13)19(20,21)22/h2-9,16,23-24H,10-12H2,1H3/p+1/t16-/m0/s1. The normalized spacial score (nSPS) is 12.5. The van der Waals surface area contributed by atoms with E-state index in [1.807, 2.05) is 0 Å². The SMILES string of the molecule is COC(=O)c1ccc(OC[C@@H](O)C[NH2+]Cc2cccc(C(F)(F)F)c2)cc1. The van der Waals surface area contributed by atoms with Crippen molar-refractivity contribution >= 4 is 5.97 Å². The number of hydrogen-bond acceptors (Lipinski definition) is 4. The lowest BCUT2D eigenvalue weighted by Crippen LogP contribution is -2.85. The van der Waals surface area contributed by atoms with E-state index in [2.05, 4.69) is 4.74 Å². The van der Waals surface area contributed by atoms with Gasteiger partial charge in [0.25, 0.3) is 0 Å². The lowest BCUT2D eigenvalue weighted by Gasteiger charge is -2.12. The van der Waals surface area contributed by atoms with Crippen LogP contribution >= 0.6 is 0 Å². The van der Waals surface area contributed by atoms with Gasteiger partial charge in [-0.15, -0.1) is 0 Å². The number of aliphatic hydroxyl groups excluding tert-OH is 1. The Morgan fingerprint density at radius 1 is 1.19 bits per heavy atom. The van der Waals surface area contributed by atoms with Crippen molar-refractivity contribution in [3.05, 3.63) is 65.2 Å². The van der Waals surface area contributed by atoms with Gasteiger partial charge in [-0.3, -0.25) is 0 Å². The number of hydrogen-bond donors (Lipinski definition) is 2. The van der Waals surface area contributed by atoms with E-state index in [-0.39, 0.29) is 13.2 Å². The topological polar surface area (TPSA) is 72.4 Å². The van der Waals surface area contributed by atoms with Gasteiger partial charge in [0.2, 0.25) is 0 Å². The molecule has 0 amide bonds. The highest BCUT2D eigenvalue weighted by Crippen LogP contribution is 2.29. The fourth-order valence-electron chi connectivity index (χ4n) is 2.38. The Balaban J connectivity index is 1.75. The summed E-state index contributed by atoms with van der Waals surface area (Å²) >= 11 is 0. The zero-order valence-corrected chi connectivity index (χ0v) is 14.7. The first-order valence-electron chi connectivity index (χ1n) is 8.26. The van der Waals surface area contributed by atoms with Gasteiger partial charge >= 0.3 is 12.1 Å². The Kier molecular flexibility index (Phi) is 7.20. The second kappa shape index (κ2) is 9.38. The molecule has 1 atom stereocenters. The molecule has 2 rings (SSSR count). The number of esters is 1. The van der Waals surface area contributed by atoms with Crippen LogP contribution in [0, 0.1) is 0 Å². The highest BCUT2D eigenvalue weighted by molar-refractivity contribution is 5.89. The largest absolute Gasteiger partial charge is 0.491 e. The van der Waals surface area contributed by atoms with E-state index in [1.54, 1.807) is 35.6 Å². The smallest absolute Gasteiger partial charge is 0.416 e. The average molecular weight is 384 g/mol. The average Bonchev–Trinajstić information content (AvgIpc) is 2.66. The van der Waals surface area contributed by atoms with Crippen LogP contribution in [0.5, 0.6) is 5.75 Å². The zero-order valence-electron chi connectivity index (χ0n) is 14.7. The first-order chi connectivity index (χ1) is 12.8. The molecule has 146 valence electrons. The fourth-order valence-corrected chi connectivity index (χ4v) is 2.38. The Morgan fingerprint density at radius 2 is 1.89 bits per heavy atom. The summed E-state index contributed by atoms with van der Waals surface area (Å²) in [4.78, 5) is 11.3. The van der Waals surface area contributed by atoms with Crippen LogP contribution in [0.25, 0.3) is 0 Å². The summed E-state index contributed by atoms with van der Waals surface area (Å²) in [5, 5.41) is 11.7. The first-order valence-corrected chi connectivity index (χ1v) is 8.26. The Bertz CT molecular complexity index is 747. The number of methoxy groups -OCH3 is 1. The molecule has 0 radical (unpaired) electrons. The van der Waals surface area contributed by atoms with Crippen molar-refractivity contribution < 1.29 is 37.9 Å². The summed E-state index contributed by atoms with van der Waals surface area (Å²) in [6, 6.07) is 11.4. The molecule has 0 saturated carbocycles. The van der Waals surface area contributed by atoms with Crippen LogP contribution in [0.15, 0.2) is 48.5 Å². The number of quaternary nitrogens is 1. The summed E-state index contributed by atoms with van der Waals surface area (Å²) in [7, 11) is 1.29. The van der Waals surface area contributed by atoms with E-state index in [9.17, 15) is 23.1 Å². The summed E-state index contributed by atoms with van der Waals surface area (Å²) < 4.78 is 48.1. The number of aliphatic hydroxyl groups is 1. The van der Waals surface area contributed by atoms with Crippen LogP contribution < -0.4 is 10.1 Å². The minimum atomic E-state index is -4.37. The highest BCUT2D eigenvalue weighted by Gasteiger charge is 2.30. The van der Waals surface area contributed by atoms with E-state index >= 15 is 0 Å². The Labute approximate surface area is 154 Å². The lowest BCUT2D eigenvalue weighted by molar-refractivity contribution is -0.676. The maximum Gasteiger partial charge on any atom is 0.416 e. The monoisotopic (exact) mass is 384 g/mol. The molecule has 27 heavy (non-hydrogen) atoms. The van der Waals surface area contributed by atoms with Gasteiger partial charge in [0.1, 0.15) is 31.5 Å². The Morgan fingerprint density at radius 3 is 2.52 bits per heavy atom. The van der Waals surface area contributed by atoms with Crippen molar-refractivity contribution in [2.75, 3.05) is 20.3 Å². The Hall–Kier alpha value is -2.58. The summed E-state index contributed by atoms with van der Waals surface area (Å²) in [5.74, 6) is 0.0327. The number of ether oxygens (including phenoxy) is 2. The summed E-state index contributed by atoms with van der Waals surface area (Å²) in [6.07, 6.45) is -5.16. The predicted octanol–water partition coefficient (Wildman–Crippen LogP) is 2.00. The van der Waals surface area contributed by atoms with Crippen LogP contribution in [0.1, 0.15) is 21.5 Å². The van der Waals surface area contributed by atoms with E-state index in [0.29, 0.717) is 23.4 Å². The van der Waals surface area contributed by atoms with Gasteiger partial charge in [-0.05, 0) is 36.4 Å². The second-order valence-electron chi connectivity index (χ2n) is 5.91. The molecule has 0 aliphatic heterocycles. The first kappa shape index (κ1) is 20.7. The predicted molar refractivity (Wildman–Crippen MR) is 91.2 cm³/mol. The van der Waals surface area contributed by atoms with Gasteiger partial charge in [0.15, 0.2) is 0 Å². The molecule has 0 saturated heterocycles. The maximum atomic E-state index is 12.7. The minimum absolute atomic E-state index is 0.0245. The molecule has 0 spiro atoms. The zero-order chi connectivity index (χ0) is 19.9. The second-order valence-corrected chi connectivity index (χ2v) is 5.91. The van der Waals surface area contributed by atoms with Gasteiger partial charge in [-0.1, -0.05) is 12.1 Å². The molecule has 0 aliphatic carbocycles. The van der Waals surface area contributed by atoms with Crippen molar-refractivity contribution in [2.45, 2.75) is 18.8 Å². The van der Waals surface area contributed by atoms with E-state index in [4.69, 9.17) is 4.74 Å². The molecule has 0 aromatic heterocycles. The summed E-state index contributed by atoms with van der Waals surface area (Å²) in [5.41, 5.74) is 0.226. The van der Waals surface area contributed by atoms with Crippen molar-refractivity contribution in [1.29, 1.82) is 0 Å². The van der Waals surface area contributed by atoms with E-state index in [0.717, 1.165) is 12.1 Å². The molecule has 0 aliphatic rings. The number of halogens is 3. The molecule has 0 unspecified atom stereocenters. The molecular formula is C19H21F3NO4+. The number of nitrogens with two attached hydrogens (primary N) is 1. The highest BCUT2D eigenvalue weighted by atomic mass is 19.4. The maximum absolute atomic E-state index is 12.7. The molecule has 8 heteroatoms. The van der Waals surface area contributed by atoms with Crippen LogP contribution in [0.2, 0.25) is 0 Å². The lowest BCUT2D eigenvalue weighted by atomic mass is 10.1. The quantitative estimate of drug-likeness (QED) is 0.683. The van der Waals surface area contributed by atoms with Crippen molar-refractivity contribution in [3.63, 3.8) is 0 Å². The van der Waals surface area contributed by atoms with Crippen LogP contribution in [0.3, 0.4) is 0 Å². The number of carbonyl (C=O) groups is 1. The van der Waals surface area contributed by atoms with Crippen molar-refractivity contribution in [3.8, 4) is 5.75 Å². The third-order valence-electron chi connectivity index (χ3n) is 3.79. The minimum Gasteiger partial charge on any atom is -0.491 e. The molecule has 2 aromatic carbocycles. The van der Waals surface area contributed by atoms with Crippen LogP contribution in [-0.4, -0.2) is 37.4 Å². The molecule has 0 bridgehead atoms. The van der Waals surface area contributed by atoms with Gasteiger partial charge < -0.3 is 19.9 Å². The van der Waals surface area contributed by atoms with E-state index in [1.165, 1.54) is 13.2 Å². The van der Waals surface area contributed by atoms with Crippen LogP contribution in [0.4, 0.5) is 13.2 Å². The molecule has 3 N–H and O–H groups in total. The van der Waals surface area contributed by atoms with Crippen molar-refractivity contribution in [1.82, 2.24) is 0 Å². The van der Waals surface area contributed by atoms with E-state index < -0.39 is 23.8 Å².